The van der Waals surface area contributed by atoms with Gasteiger partial charge in [-0.3, -0.25) is 0 Å². The zero-order chi connectivity index (χ0) is 14.5. The molecule has 0 fully saturated rings. The second-order valence-corrected chi connectivity index (χ2v) is 8.02. The van der Waals surface area contributed by atoms with Gasteiger partial charge in [-0.05, 0) is 13.5 Å². The zero-order valence-corrected chi connectivity index (χ0v) is 13.7. The average Bonchev–Trinajstić information content (AvgIpc) is 2.70. The van der Waals surface area contributed by atoms with Gasteiger partial charge in [-0.25, -0.2) is 13.4 Å². The highest BCUT2D eigenvalue weighted by Gasteiger charge is 2.14. The Hall–Kier alpha value is -0.660. The van der Waals surface area contributed by atoms with E-state index in [1.165, 1.54) is 11.1 Å². The molecular formula is C12H23N3O2S2. The molecular weight excluding hydrogens is 282 g/mol. The molecule has 1 N–H and O–H groups in total. The van der Waals surface area contributed by atoms with Gasteiger partial charge in [0.15, 0.2) is 5.13 Å². The third-order valence-corrected chi connectivity index (χ3v) is 4.85. The molecule has 1 rings (SSSR count). The highest BCUT2D eigenvalue weighted by molar-refractivity contribution is 7.90. The van der Waals surface area contributed by atoms with Crippen LogP contribution in [0, 0.1) is 0 Å². The predicted octanol–water partition coefficient (Wildman–Crippen LogP) is 1.30. The number of anilines is 1. The summed E-state index contributed by atoms with van der Waals surface area (Å²) < 4.78 is 22.4. The Kier molecular flexibility index (Phi) is 6.22. The summed E-state index contributed by atoms with van der Waals surface area (Å²) in [4.78, 5) is 7.79. The summed E-state index contributed by atoms with van der Waals surface area (Å²) in [6.45, 7) is 3.43. The van der Waals surface area contributed by atoms with E-state index in [1.54, 1.807) is 11.3 Å². The van der Waals surface area contributed by atoms with Crippen molar-refractivity contribution in [2.24, 2.45) is 0 Å². The van der Waals surface area contributed by atoms with Crippen LogP contribution in [0.1, 0.15) is 23.9 Å². The van der Waals surface area contributed by atoms with Gasteiger partial charge in [-0.1, -0.05) is 13.3 Å². The smallest absolute Gasteiger partial charge is 0.185 e. The van der Waals surface area contributed by atoms with Gasteiger partial charge in [0, 0.05) is 31.3 Å². The Morgan fingerprint density at radius 2 is 2.11 bits per heavy atom. The van der Waals surface area contributed by atoms with Crippen LogP contribution in [-0.2, 0) is 22.8 Å². The Morgan fingerprint density at radius 1 is 1.42 bits per heavy atom. The van der Waals surface area contributed by atoms with Crippen LogP contribution >= 0.6 is 11.3 Å². The lowest BCUT2D eigenvalue weighted by Crippen LogP contribution is -2.24. The highest BCUT2D eigenvalue weighted by Crippen LogP contribution is 2.26. The van der Waals surface area contributed by atoms with Crippen molar-refractivity contribution in [2.45, 2.75) is 26.3 Å². The number of aromatic nitrogens is 1. The second kappa shape index (κ2) is 7.21. The summed E-state index contributed by atoms with van der Waals surface area (Å²) in [6.07, 6.45) is 3.29. The van der Waals surface area contributed by atoms with Crippen LogP contribution in [0.3, 0.4) is 0 Å². The van der Waals surface area contributed by atoms with Gasteiger partial charge in [-0.2, -0.15) is 0 Å². The molecule has 0 radical (unpaired) electrons. The zero-order valence-electron chi connectivity index (χ0n) is 12.1. The molecule has 0 atom stereocenters. The Morgan fingerprint density at radius 3 is 2.63 bits per heavy atom. The van der Waals surface area contributed by atoms with E-state index in [0.29, 0.717) is 6.54 Å². The monoisotopic (exact) mass is 305 g/mol. The lowest BCUT2D eigenvalue weighted by molar-refractivity contribution is 0.601. The van der Waals surface area contributed by atoms with Gasteiger partial charge in [-0.15, -0.1) is 11.3 Å². The van der Waals surface area contributed by atoms with Crippen molar-refractivity contribution in [3.63, 3.8) is 0 Å². The second-order valence-electron chi connectivity index (χ2n) is 4.70. The van der Waals surface area contributed by atoms with Crippen LogP contribution in [0.5, 0.6) is 0 Å². The van der Waals surface area contributed by atoms with Crippen molar-refractivity contribution in [1.82, 2.24) is 10.3 Å². The number of sulfone groups is 1. The number of hydrogen-bond acceptors (Lipinski definition) is 6. The minimum Gasteiger partial charge on any atom is -0.350 e. The number of aryl methyl sites for hydroxylation is 1. The summed E-state index contributed by atoms with van der Waals surface area (Å²) in [5, 5.41) is 4.05. The maximum absolute atomic E-state index is 11.2. The third kappa shape index (κ3) is 5.46. The summed E-state index contributed by atoms with van der Waals surface area (Å²) >= 11 is 1.64. The van der Waals surface area contributed by atoms with Gasteiger partial charge in [0.2, 0.25) is 0 Å². The SMILES string of the molecule is CCCc1nc(N(C)CCS(C)(=O)=O)sc1CNC. The molecule has 5 nitrogen and oxygen atoms in total. The molecule has 0 aliphatic heterocycles. The first-order valence-corrected chi connectivity index (χ1v) is 9.27. The third-order valence-electron chi connectivity index (χ3n) is 2.72. The first kappa shape index (κ1) is 16.4. The van der Waals surface area contributed by atoms with Gasteiger partial charge < -0.3 is 10.2 Å². The maximum atomic E-state index is 11.2. The van der Waals surface area contributed by atoms with Crippen molar-refractivity contribution >= 4 is 26.3 Å². The molecule has 1 aromatic rings. The van der Waals surface area contributed by atoms with Gasteiger partial charge in [0.05, 0.1) is 11.4 Å². The number of hydrogen-bond donors (Lipinski definition) is 1. The molecule has 1 aromatic heterocycles. The van der Waals surface area contributed by atoms with E-state index >= 15 is 0 Å². The highest BCUT2D eigenvalue weighted by atomic mass is 32.2. The van der Waals surface area contributed by atoms with Gasteiger partial charge >= 0.3 is 0 Å². The van der Waals surface area contributed by atoms with E-state index in [2.05, 4.69) is 17.2 Å². The summed E-state index contributed by atoms with van der Waals surface area (Å²) in [5.41, 5.74) is 1.13. The topological polar surface area (TPSA) is 62.3 Å². The average molecular weight is 305 g/mol. The molecule has 0 saturated carbocycles. The van der Waals surface area contributed by atoms with E-state index in [4.69, 9.17) is 0 Å². The van der Waals surface area contributed by atoms with Crippen molar-refractivity contribution in [2.75, 3.05) is 37.5 Å². The van der Waals surface area contributed by atoms with Gasteiger partial charge in [0.1, 0.15) is 9.84 Å². The van der Waals surface area contributed by atoms with Crippen molar-refractivity contribution in [3.8, 4) is 0 Å². The largest absolute Gasteiger partial charge is 0.350 e. The van der Waals surface area contributed by atoms with Gasteiger partial charge in [0.25, 0.3) is 0 Å². The normalized spacial score (nSPS) is 11.8. The minimum atomic E-state index is -2.93. The van der Waals surface area contributed by atoms with E-state index in [-0.39, 0.29) is 5.75 Å². The van der Waals surface area contributed by atoms with Crippen LogP contribution in [0.2, 0.25) is 0 Å². The molecule has 19 heavy (non-hydrogen) atoms. The number of rotatable bonds is 8. The Bertz CT molecular complexity index is 474. The fourth-order valence-corrected chi connectivity index (χ4v) is 3.37. The van der Waals surface area contributed by atoms with Crippen LogP contribution in [-0.4, -0.2) is 46.1 Å². The van der Waals surface area contributed by atoms with E-state index in [1.807, 2.05) is 19.0 Å². The lowest BCUT2D eigenvalue weighted by atomic mass is 10.2. The number of nitrogens with one attached hydrogen (secondary N) is 1. The molecule has 0 unspecified atom stereocenters. The molecule has 110 valence electrons. The minimum absolute atomic E-state index is 0.160. The molecule has 0 saturated heterocycles. The fourth-order valence-electron chi connectivity index (χ4n) is 1.66. The van der Waals surface area contributed by atoms with Crippen LogP contribution < -0.4 is 10.2 Å². The first-order chi connectivity index (χ1) is 8.87. The molecule has 7 heteroatoms. The van der Waals surface area contributed by atoms with Crippen molar-refractivity contribution in [3.05, 3.63) is 10.6 Å². The van der Waals surface area contributed by atoms with Crippen molar-refractivity contribution in [1.29, 1.82) is 0 Å². The molecule has 0 aliphatic rings. The Labute approximate surface area is 120 Å². The molecule has 0 aromatic carbocycles. The molecule has 0 bridgehead atoms. The fraction of sp³-hybridized carbons (Fsp3) is 0.750. The number of thiazole rings is 1. The summed E-state index contributed by atoms with van der Waals surface area (Å²) in [7, 11) is 0.883. The number of nitrogens with zero attached hydrogens (tertiary/aromatic N) is 2. The quantitative estimate of drug-likeness (QED) is 0.784. The first-order valence-electron chi connectivity index (χ1n) is 6.39. The lowest BCUT2D eigenvalue weighted by Gasteiger charge is -2.14. The van der Waals surface area contributed by atoms with Crippen LogP contribution in [0.4, 0.5) is 5.13 Å². The predicted molar refractivity (Wildman–Crippen MR) is 81.9 cm³/mol. The molecule has 0 spiro atoms. The summed E-state index contributed by atoms with van der Waals surface area (Å²) in [6, 6.07) is 0. The molecule has 0 aliphatic carbocycles. The Balaban J connectivity index is 2.79. The summed E-state index contributed by atoms with van der Waals surface area (Å²) in [5.74, 6) is 0.160. The maximum Gasteiger partial charge on any atom is 0.185 e. The van der Waals surface area contributed by atoms with Crippen LogP contribution in [0.15, 0.2) is 0 Å². The van der Waals surface area contributed by atoms with E-state index < -0.39 is 9.84 Å². The van der Waals surface area contributed by atoms with E-state index in [9.17, 15) is 8.42 Å². The molecule has 0 amide bonds. The molecule has 1 heterocycles. The van der Waals surface area contributed by atoms with Crippen molar-refractivity contribution < 1.29 is 8.42 Å². The van der Waals surface area contributed by atoms with E-state index in [0.717, 1.165) is 30.2 Å². The van der Waals surface area contributed by atoms with Crippen LogP contribution in [0.25, 0.3) is 0 Å². The standard InChI is InChI=1S/C12H23N3O2S2/c1-5-6-10-11(9-13-2)18-12(14-10)15(3)7-8-19(4,16)17/h13H,5-9H2,1-4H3.